The van der Waals surface area contributed by atoms with E-state index in [4.69, 9.17) is 4.74 Å². The number of nitrogens with zero attached hydrogens (tertiary/aromatic N) is 3. The fraction of sp³-hybridized carbons (Fsp3) is 0.364. The number of benzene rings is 1. The van der Waals surface area contributed by atoms with Crippen LogP contribution in [-0.2, 0) is 4.79 Å². The fourth-order valence-corrected chi connectivity index (χ4v) is 3.77. The number of fused-ring (bicyclic) bond motifs is 1. The molecule has 5 heteroatoms. The molecule has 3 aromatic rings. The van der Waals surface area contributed by atoms with Gasteiger partial charge in [0.05, 0.1) is 6.54 Å². The summed E-state index contributed by atoms with van der Waals surface area (Å²) in [5, 5.41) is 0. The third-order valence-electron chi connectivity index (χ3n) is 5.19. The molecule has 0 saturated carbocycles. The molecule has 2 aromatic heterocycles. The summed E-state index contributed by atoms with van der Waals surface area (Å²) < 4.78 is 8.20. The Kier molecular flexibility index (Phi) is 4.94. The highest BCUT2D eigenvalue weighted by molar-refractivity contribution is 5.77. The zero-order valence-corrected chi connectivity index (χ0v) is 15.9. The summed E-state index contributed by atoms with van der Waals surface area (Å²) in [5.41, 5.74) is 4.55. The van der Waals surface area contributed by atoms with Gasteiger partial charge in [-0.3, -0.25) is 9.69 Å². The second-order valence-corrected chi connectivity index (χ2v) is 7.38. The van der Waals surface area contributed by atoms with E-state index >= 15 is 0 Å². The zero-order chi connectivity index (χ0) is 18.8. The molecule has 3 heterocycles. The molecule has 1 aromatic carbocycles. The molecule has 0 aliphatic carbocycles. The fourth-order valence-electron chi connectivity index (χ4n) is 3.77. The van der Waals surface area contributed by atoms with Crippen molar-refractivity contribution in [1.82, 2.24) is 14.3 Å². The average molecular weight is 363 g/mol. The molecule has 0 amide bonds. The third kappa shape index (κ3) is 4.03. The lowest BCUT2D eigenvalue weighted by atomic mass is 10.0. The zero-order valence-electron chi connectivity index (χ0n) is 15.9. The van der Waals surface area contributed by atoms with Crippen molar-refractivity contribution in [2.75, 3.05) is 19.6 Å². The van der Waals surface area contributed by atoms with Gasteiger partial charge in [-0.25, -0.2) is 4.98 Å². The molecule has 1 saturated heterocycles. The predicted octanol–water partition coefficient (Wildman–Crippen LogP) is 3.74. The number of aromatic nitrogens is 2. The van der Waals surface area contributed by atoms with E-state index in [-0.39, 0.29) is 11.9 Å². The van der Waals surface area contributed by atoms with Gasteiger partial charge >= 0.3 is 0 Å². The van der Waals surface area contributed by atoms with Crippen molar-refractivity contribution >= 4 is 11.4 Å². The Bertz CT molecular complexity index is 938. The van der Waals surface area contributed by atoms with Crippen molar-refractivity contribution in [2.24, 2.45) is 0 Å². The monoisotopic (exact) mass is 363 g/mol. The predicted molar refractivity (Wildman–Crippen MR) is 106 cm³/mol. The molecule has 0 N–H and O–H groups in total. The lowest BCUT2D eigenvalue weighted by Gasteiger charge is -2.31. The van der Waals surface area contributed by atoms with Gasteiger partial charge in [-0.2, -0.15) is 0 Å². The summed E-state index contributed by atoms with van der Waals surface area (Å²) in [6.07, 6.45) is 8.06. The normalized spacial score (nSPS) is 15.9. The standard InChI is InChI=1S/C22H25N3O2/c1-16-13-22-23-9-12-25(22)15-21(16)18-3-5-19(6-4-18)27-20-7-10-24(11-8-20)14-17(2)26/h3-6,9,12-13,15,20H,7-8,10-11,14H2,1-2H3. The van der Waals surface area contributed by atoms with E-state index in [9.17, 15) is 4.79 Å². The van der Waals surface area contributed by atoms with Crippen LogP contribution >= 0.6 is 0 Å². The Morgan fingerprint density at radius 2 is 1.96 bits per heavy atom. The van der Waals surface area contributed by atoms with Crippen LogP contribution in [0.4, 0.5) is 0 Å². The van der Waals surface area contributed by atoms with E-state index in [1.807, 2.05) is 16.8 Å². The first-order valence-corrected chi connectivity index (χ1v) is 9.51. The summed E-state index contributed by atoms with van der Waals surface area (Å²) in [4.78, 5) is 17.8. The average Bonchev–Trinajstić information content (AvgIpc) is 3.10. The van der Waals surface area contributed by atoms with Crippen LogP contribution in [0.25, 0.3) is 16.8 Å². The number of likely N-dealkylation sites (tertiary alicyclic amines) is 1. The highest BCUT2D eigenvalue weighted by atomic mass is 16.5. The Morgan fingerprint density at radius 1 is 1.22 bits per heavy atom. The number of imidazole rings is 1. The second kappa shape index (κ2) is 7.53. The van der Waals surface area contributed by atoms with Crippen LogP contribution in [-0.4, -0.2) is 45.8 Å². The van der Waals surface area contributed by atoms with Crippen molar-refractivity contribution < 1.29 is 9.53 Å². The van der Waals surface area contributed by atoms with Gasteiger partial charge in [-0.05, 0) is 56.0 Å². The molecule has 140 valence electrons. The molecular weight excluding hydrogens is 338 g/mol. The van der Waals surface area contributed by atoms with Gasteiger partial charge in [0.25, 0.3) is 0 Å². The molecule has 0 radical (unpaired) electrons. The summed E-state index contributed by atoms with van der Waals surface area (Å²) >= 11 is 0. The number of ether oxygens (including phenoxy) is 1. The van der Waals surface area contributed by atoms with E-state index in [0.29, 0.717) is 6.54 Å². The quantitative estimate of drug-likeness (QED) is 0.693. The maximum atomic E-state index is 11.2. The Labute approximate surface area is 159 Å². The molecule has 1 aliphatic rings. The number of rotatable bonds is 5. The van der Waals surface area contributed by atoms with Crippen molar-refractivity contribution in [1.29, 1.82) is 0 Å². The van der Waals surface area contributed by atoms with Crippen LogP contribution < -0.4 is 4.74 Å². The summed E-state index contributed by atoms with van der Waals surface area (Å²) in [5.74, 6) is 1.14. The topological polar surface area (TPSA) is 46.8 Å². The number of carbonyl (C=O) groups excluding carboxylic acids is 1. The van der Waals surface area contributed by atoms with Gasteiger partial charge in [-0.1, -0.05) is 12.1 Å². The number of aryl methyl sites for hydroxylation is 1. The number of Topliss-reactive ketones (excluding diaryl/α,β-unsaturated/α-hetero) is 1. The van der Waals surface area contributed by atoms with Gasteiger partial charge in [-0.15, -0.1) is 0 Å². The van der Waals surface area contributed by atoms with Gasteiger partial charge in [0.1, 0.15) is 23.3 Å². The maximum absolute atomic E-state index is 11.2. The maximum Gasteiger partial charge on any atom is 0.143 e. The number of hydrogen-bond donors (Lipinski definition) is 0. The van der Waals surface area contributed by atoms with E-state index < -0.39 is 0 Å². The van der Waals surface area contributed by atoms with Crippen molar-refractivity contribution in [2.45, 2.75) is 32.8 Å². The first-order chi connectivity index (χ1) is 13.1. The first kappa shape index (κ1) is 17.7. The summed E-state index contributed by atoms with van der Waals surface area (Å²) in [6.45, 7) is 6.17. The minimum atomic E-state index is 0.225. The first-order valence-electron chi connectivity index (χ1n) is 9.51. The van der Waals surface area contributed by atoms with E-state index in [1.165, 1.54) is 16.7 Å². The largest absolute Gasteiger partial charge is 0.490 e. The van der Waals surface area contributed by atoms with Crippen LogP contribution in [0.3, 0.4) is 0 Å². The highest BCUT2D eigenvalue weighted by Crippen LogP contribution is 2.27. The SMILES string of the molecule is CC(=O)CN1CCC(Oc2ccc(-c3cn4ccnc4cc3C)cc2)CC1. The minimum Gasteiger partial charge on any atom is -0.490 e. The molecule has 1 fully saturated rings. The smallest absolute Gasteiger partial charge is 0.143 e. The molecule has 5 nitrogen and oxygen atoms in total. The highest BCUT2D eigenvalue weighted by Gasteiger charge is 2.21. The van der Waals surface area contributed by atoms with Gasteiger partial charge < -0.3 is 9.14 Å². The molecular formula is C22H25N3O2. The number of piperidine rings is 1. The van der Waals surface area contributed by atoms with Crippen LogP contribution in [0.2, 0.25) is 0 Å². The third-order valence-corrected chi connectivity index (χ3v) is 5.19. The minimum absolute atomic E-state index is 0.225. The van der Waals surface area contributed by atoms with Crippen LogP contribution in [0, 0.1) is 6.92 Å². The number of pyridine rings is 1. The lowest BCUT2D eigenvalue weighted by Crippen LogP contribution is -2.40. The number of carbonyl (C=O) groups is 1. The molecule has 0 unspecified atom stereocenters. The van der Waals surface area contributed by atoms with Gasteiger partial charge in [0.2, 0.25) is 0 Å². The summed E-state index contributed by atoms with van der Waals surface area (Å²) in [7, 11) is 0. The van der Waals surface area contributed by atoms with Crippen LogP contribution in [0.5, 0.6) is 5.75 Å². The molecule has 1 aliphatic heterocycles. The molecule has 27 heavy (non-hydrogen) atoms. The van der Waals surface area contributed by atoms with E-state index in [2.05, 4.69) is 53.3 Å². The molecule has 4 rings (SSSR count). The number of hydrogen-bond acceptors (Lipinski definition) is 4. The van der Waals surface area contributed by atoms with Crippen LogP contribution in [0.15, 0.2) is 48.9 Å². The second-order valence-electron chi connectivity index (χ2n) is 7.38. The van der Waals surface area contributed by atoms with E-state index in [1.54, 1.807) is 6.92 Å². The van der Waals surface area contributed by atoms with Gasteiger partial charge in [0.15, 0.2) is 0 Å². The Morgan fingerprint density at radius 3 is 2.67 bits per heavy atom. The Hall–Kier alpha value is -2.66. The van der Waals surface area contributed by atoms with Crippen molar-refractivity contribution in [3.63, 3.8) is 0 Å². The number of ketones is 1. The van der Waals surface area contributed by atoms with Crippen molar-refractivity contribution in [3.05, 3.63) is 54.5 Å². The lowest BCUT2D eigenvalue weighted by molar-refractivity contribution is -0.118. The van der Waals surface area contributed by atoms with Gasteiger partial charge in [0, 0.05) is 37.2 Å². The van der Waals surface area contributed by atoms with Crippen molar-refractivity contribution in [3.8, 4) is 16.9 Å². The molecule has 0 spiro atoms. The van der Waals surface area contributed by atoms with E-state index in [0.717, 1.165) is 37.3 Å². The Balaban J connectivity index is 1.42. The van der Waals surface area contributed by atoms with Crippen LogP contribution in [0.1, 0.15) is 25.3 Å². The molecule has 0 atom stereocenters. The molecule has 0 bridgehead atoms. The summed E-state index contributed by atoms with van der Waals surface area (Å²) in [6, 6.07) is 10.4.